The summed E-state index contributed by atoms with van der Waals surface area (Å²) >= 11 is 0. The van der Waals surface area contributed by atoms with Crippen molar-refractivity contribution >= 4 is 0 Å². The van der Waals surface area contributed by atoms with Crippen LogP contribution in [0.2, 0.25) is 0 Å². The van der Waals surface area contributed by atoms with Crippen molar-refractivity contribution in [1.29, 1.82) is 0 Å². The molecule has 0 spiro atoms. The van der Waals surface area contributed by atoms with E-state index in [1.807, 2.05) is 0 Å². The lowest BCUT2D eigenvalue weighted by atomic mass is 10.5. The number of hydrogen-bond acceptors (Lipinski definition) is 5. The molecule has 1 heterocycles. The van der Waals surface area contributed by atoms with Gasteiger partial charge >= 0.3 is 0 Å². The van der Waals surface area contributed by atoms with Crippen molar-refractivity contribution in [3.8, 4) is 0 Å². The van der Waals surface area contributed by atoms with Gasteiger partial charge in [-0.1, -0.05) is 0 Å². The summed E-state index contributed by atoms with van der Waals surface area (Å²) in [6.07, 6.45) is 0. The first-order valence-corrected chi connectivity index (χ1v) is 6.57. The van der Waals surface area contributed by atoms with Gasteiger partial charge < -0.3 is 28.6 Å². The third-order valence-electron chi connectivity index (χ3n) is 2.68. The van der Waals surface area contributed by atoms with Gasteiger partial charge in [-0.25, -0.2) is 0 Å². The first-order valence-electron chi connectivity index (χ1n) is 6.57. The number of hydrogen-bond donors (Lipinski definition) is 1. The van der Waals surface area contributed by atoms with Crippen molar-refractivity contribution in [3.63, 3.8) is 0 Å². The van der Waals surface area contributed by atoms with Crippen LogP contribution < -0.4 is 4.90 Å². The average molecular weight is 264 g/mol. The van der Waals surface area contributed by atoms with Crippen LogP contribution in [0.5, 0.6) is 0 Å². The van der Waals surface area contributed by atoms with Gasteiger partial charge in [-0.15, -0.1) is 0 Å². The minimum absolute atomic E-state index is 0.609. The molecule has 0 aromatic carbocycles. The summed E-state index contributed by atoms with van der Waals surface area (Å²) < 4.78 is 26.3. The monoisotopic (exact) mass is 264 g/mol. The number of morpholine rings is 1. The van der Waals surface area contributed by atoms with Gasteiger partial charge in [-0.05, 0) is 0 Å². The fraction of sp³-hybridized carbons (Fsp3) is 1.00. The Balaban J connectivity index is 1.73. The highest BCUT2D eigenvalue weighted by atomic mass is 16.6. The lowest BCUT2D eigenvalue weighted by Gasteiger charge is -2.23. The predicted molar refractivity (Wildman–Crippen MR) is 65.8 cm³/mol. The molecule has 1 aliphatic rings. The van der Waals surface area contributed by atoms with Crippen molar-refractivity contribution < 1.29 is 28.6 Å². The van der Waals surface area contributed by atoms with Crippen LogP contribution >= 0.6 is 0 Å². The highest BCUT2D eigenvalue weighted by Crippen LogP contribution is 1.81. The minimum Gasteiger partial charge on any atom is -0.382 e. The van der Waals surface area contributed by atoms with Gasteiger partial charge in [0.05, 0.1) is 52.9 Å². The Labute approximate surface area is 109 Å². The highest BCUT2D eigenvalue weighted by Gasteiger charge is 2.12. The Morgan fingerprint density at radius 1 is 0.833 bits per heavy atom. The summed E-state index contributed by atoms with van der Waals surface area (Å²) in [5.74, 6) is 0. The minimum atomic E-state index is 0.609. The maximum Gasteiger partial charge on any atom is 0.181 e. The van der Waals surface area contributed by atoms with E-state index in [2.05, 4.69) is 0 Å². The average Bonchev–Trinajstić information content (AvgIpc) is 2.42. The van der Waals surface area contributed by atoms with Crippen molar-refractivity contribution in [3.05, 3.63) is 0 Å². The smallest absolute Gasteiger partial charge is 0.181 e. The van der Waals surface area contributed by atoms with E-state index in [9.17, 15) is 0 Å². The van der Waals surface area contributed by atoms with E-state index in [1.54, 1.807) is 7.11 Å². The van der Waals surface area contributed by atoms with Crippen LogP contribution in [-0.2, 0) is 23.7 Å². The van der Waals surface area contributed by atoms with E-state index < -0.39 is 0 Å². The molecule has 1 N–H and O–H groups in total. The van der Waals surface area contributed by atoms with Crippen molar-refractivity contribution in [2.45, 2.75) is 0 Å². The topological polar surface area (TPSA) is 50.6 Å². The number of quaternary nitrogens is 1. The van der Waals surface area contributed by atoms with Crippen LogP contribution in [0.3, 0.4) is 0 Å². The molecule has 0 unspecified atom stereocenters. The van der Waals surface area contributed by atoms with Gasteiger partial charge in [0.1, 0.15) is 13.1 Å². The molecule has 108 valence electrons. The molecule has 1 rings (SSSR count). The first kappa shape index (κ1) is 15.8. The fourth-order valence-corrected chi connectivity index (χ4v) is 1.60. The predicted octanol–water partition coefficient (Wildman–Crippen LogP) is -1.44. The van der Waals surface area contributed by atoms with E-state index >= 15 is 0 Å². The maximum absolute atomic E-state index is 5.54. The SMILES string of the molecule is COCCOCCOCCOC[NH+]1CCOCC1. The molecule has 1 saturated heterocycles. The summed E-state index contributed by atoms with van der Waals surface area (Å²) in [6, 6.07) is 0. The maximum atomic E-state index is 5.54. The molecule has 0 amide bonds. The molecule has 1 fully saturated rings. The Morgan fingerprint density at radius 3 is 2.00 bits per heavy atom. The molecule has 6 nitrogen and oxygen atoms in total. The zero-order valence-corrected chi connectivity index (χ0v) is 11.3. The summed E-state index contributed by atoms with van der Waals surface area (Å²) in [4.78, 5) is 1.45. The van der Waals surface area contributed by atoms with Crippen LogP contribution in [0.4, 0.5) is 0 Å². The zero-order valence-electron chi connectivity index (χ0n) is 11.3. The van der Waals surface area contributed by atoms with E-state index in [0.29, 0.717) is 39.6 Å². The molecule has 0 saturated carbocycles. The number of rotatable bonds is 11. The second-order valence-corrected chi connectivity index (χ2v) is 4.13. The summed E-state index contributed by atoms with van der Waals surface area (Å²) in [5.41, 5.74) is 0. The van der Waals surface area contributed by atoms with Gasteiger partial charge in [-0.3, -0.25) is 0 Å². The molecule has 6 heteroatoms. The summed E-state index contributed by atoms with van der Waals surface area (Å²) in [6.45, 7) is 8.24. The van der Waals surface area contributed by atoms with E-state index in [1.165, 1.54) is 4.90 Å². The number of ether oxygens (including phenoxy) is 5. The van der Waals surface area contributed by atoms with Gasteiger partial charge in [0.15, 0.2) is 6.73 Å². The normalized spacial score (nSPS) is 17.2. The standard InChI is InChI=1S/C12H25NO5/c1-14-6-7-16-8-9-17-10-11-18-12-13-2-4-15-5-3-13/h2-12H2,1H3/p+1. The zero-order chi connectivity index (χ0) is 12.9. The molecular weight excluding hydrogens is 238 g/mol. The van der Waals surface area contributed by atoms with Crippen molar-refractivity contribution in [1.82, 2.24) is 0 Å². The van der Waals surface area contributed by atoms with Crippen molar-refractivity contribution in [2.24, 2.45) is 0 Å². The number of methoxy groups -OCH3 is 1. The van der Waals surface area contributed by atoms with Crippen LogP contribution in [-0.4, -0.2) is 79.8 Å². The Bertz CT molecular complexity index is 176. The highest BCUT2D eigenvalue weighted by molar-refractivity contribution is 4.37. The van der Waals surface area contributed by atoms with Crippen LogP contribution in [0, 0.1) is 0 Å². The Morgan fingerprint density at radius 2 is 1.39 bits per heavy atom. The largest absolute Gasteiger partial charge is 0.382 e. The van der Waals surface area contributed by atoms with Gasteiger partial charge in [-0.2, -0.15) is 0 Å². The second kappa shape index (κ2) is 11.8. The van der Waals surface area contributed by atoms with Crippen LogP contribution in [0.15, 0.2) is 0 Å². The van der Waals surface area contributed by atoms with E-state index in [-0.39, 0.29) is 0 Å². The Kier molecular flexibility index (Phi) is 10.4. The first-order chi connectivity index (χ1) is 8.93. The molecular formula is C12H26NO5+. The molecule has 18 heavy (non-hydrogen) atoms. The van der Waals surface area contributed by atoms with Gasteiger partial charge in [0.25, 0.3) is 0 Å². The number of nitrogens with one attached hydrogen (secondary N) is 1. The van der Waals surface area contributed by atoms with Gasteiger partial charge in [0.2, 0.25) is 0 Å². The van der Waals surface area contributed by atoms with Crippen LogP contribution in [0.25, 0.3) is 0 Å². The molecule has 0 aromatic rings. The quantitative estimate of drug-likeness (QED) is 0.463. The van der Waals surface area contributed by atoms with Crippen LogP contribution in [0.1, 0.15) is 0 Å². The summed E-state index contributed by atoms with van der Waals surface area (Å²) in [7, 11) is 1.66. The second-order valence-electron chi connectivity index (χ2n) is 4.13. The van der Waals surface area contributed by atoms with Crippen molar-refractivity contribution in [2.75, 3.05) is 79.8 Å². The Hall–Kier alpha value is -0.240. The van der Waals surface area contributed by atoms with Gasteiger partial charge in [0, 0.05) is 7.11 Å². The lowest BCUT2D eigenvalue weighted by Crippen LogP contribution is -3.14. The lowest BCUT2D eigenvalue weighted by molar-refractivity contribution is -0.927. The molecule has 0 radical (unpaired) electrons. The summed E-state index contributed by atoms with van der Waals surface area (Å²) in [5, 5.41) is 0. The third kappa shape index (κ3) is 8.79. The fourth-order valence-electron chi connectivity index (χ4n) is 1.60. The molecule has 1 aliphatic heterocycles. The molecule has 0 bridgehead atoms. The molecule has 0 atom stereocenters. The van der Waals surface area contributed by atoms with E-state index in [0.717, 1.165) is 33.0 Å². The molecule has 0 aromatic heterocycles. The molecule has 0 aliphatic carbocycles. The third-order valence-corrected chi connectivity index (χ3v) is 2.68. The van der Waals surface area contributed by atoms with E-state index in [4.69, 9.17) is 23.7 Å².